The molecule has 0 radical (unpaired) electrons. The second-order valence-electron chi connectivity index (χ2n) is 5.65. The molecule has 1 heterocycles. The molecular weight excluding hydrogens is 326 g/mol. The van der Waals surface area contributed by atoms with E-state index in [9.17, 15) is 9.59 Å². The summed E-state index contributed by atoms with van der Waals surface area (Å²) in [5.41, 5.74) is 3.38. The SMILES string of the molecule is CC(=O)N(CC(=O)NCc1ccncc1)c1c(C)cc(C)cc1Cl. The molecular formula is C18H20ClN3O2. The number of amides is 2. The van der Waals surface area contributed by atoms with Crippen LogP contribution < -0.4 is 10.2 Å². The van der Waals surface area contributed by atoms with E-state index in [2.05, 4.69) is 10.3 Å². The zero-order valence-corrected chi connectivity index (χ0v) is 14.7. The molecule has 0 spiro atoms. The molecule has 0 aliphatic carbocycles. The topological polar surface area (TPSA) is 62.3 Å². The fourth-order valence-electron chi connectivity index (χ4n) is 2.50. The average Bonchev–Trinajstić information content (AvgIpc) is 2.52. The van der Waals surface area contributed by atoms with Crippen LogP contribution in [-0.4, -0.2) is 23.3 Å². The van der Waals surface area contributed by atoms with E-state index in [1.165, 1.54) is 11.8 Å². The van der Waals surface area contributed by atoms with Crippen molar-refractivity contribution < 1.29 is 9.59 Å². The van der Waals surface area contributed by atoms with Crippen LogP contribution in [0.25, 0.3) is 0 Å². The predicted octanol–water partition coefficient (Wildman–Crippen LogP) is 3.02. The van der Waals surface area contributed by atoms with Crippen molar-refractivity contribution in [2.75, 3.05) is 11.4 Å². The highest BCUT2D eigenvalue weighted by Gasteiger charge is 2.20. The summed E-state index contributed by atoms with van der Waals surface area (Å²) in [5.74, 6) is -0.485. The molecule has 5 nitrogen and oxygen atoms in total. The number of carbonyl (C=O) groups excluding carboxylic acids is 2. The van der Waals surface area contributed by atoms with Crippen molar-refractivity contribution in [3.63, 3.8) is 0 Å². The first-order valence-electron chi connectivity index (χ1n) is 7.59. The molecule has 0 unspecified atom stereocenters. The first-order valence-corrected chi connectivity index (χ1v) is 7.96. The Morgan fingerprint density at radius 2 is 1.88 bits per heavy atom. The Hall–Kier alpha value is -2.40. The summed E-state index contributed by atoms with van der Waals surface area (Å²) < 4.78 is 0. The third-order valence-corrected chi connectivity index (χ3v) is 3.88. The molecule has 0 saturated carbocycles. The third kappa shape index (κ3) is 4.55. The molecule has 1 aromatic heterocycles. The van der Waals surface area contributed by atoms with Gasteiger partial charge in [0.25, 0.3) is 0 Å². The summed E-state index contributed by atoms with van der Waals surface area (Å²) in [7, 11) is 0. The summed E-state index contributed by atoms with van der Waals surface area (Å²) in [6.45, 7) is 5.53. The lowest BCUT2D eigenvalue weighted by molar-refractivity contribution is -0.123. The van der Waals surface area contributed by atoms with Gasteiger partial charge in [0.15, 0.2) is 0 Å². The maximum atomic E-state index is 12.2. The number of carbonyl (C=O) groups is 2. The average molecular weight is 346 g/mol. The van der Waals surface area contributed by atoms with Gasteiger partial charge in [-0.1, -0.05) is 17.7 Å². The maximum absolute atomic E-state index is 12.2. The minimum atomic E-state index is -0.252. The Morgan fingerprint density at radius 1 is 1.21 bits per heavy atom. The van der Waals surface area contributed by atoms with Crippen LogP contribution in [-0.2, 0) is 16.1 Å². The largest absolute Gasteiger partial charge is 0.350 e. The summed E-state index contributed by atoms with van der Waals surface area (Å²) in [5, 5.41) is 3.26. The molecule has 6 heteroatoms. The molecule has 0 aliphatic rings. The fourth-order valence-corrected chi connectivity index (χ4v) is 2.92. The lowest BCUT2D eigenvalue weighted by Crippen LogP contribution is -2.40. The number of hydrogen-bond donors (Lipinski definition) is 1. The Kier molecular flexibility index (Phi) is 5.93. The van der Waals surface area contributed by atoms with E-state index in [0.717, 1.165) is 16.7 Å². The molecule has 0 atom stereocenters. The smallest absolute Gasteiger partial charge is 0.240 e. The predicted molar refractivity (Wildman–Crippen MR) is 95.0 cm³/mol. The van der Waals surface area contributed by atoms with Gasteiger partial charge in [-0.05, 0) is 48.7 Å². The molecule has 2 aromatic rings. The van der Waals surface area contributed by atoms with Crippen LogP contribution in [0.15, 0.2) is 36.7 Å². The molecule has 24 heavy (non-hydrogen) atoms. The number of aryl methyl sites for hydroxylation is 2. The normalized spacial score (nSPS) is 10.3. The second-order valence-corrected chi connectivity index (χ2v) is 6.06. The van der Waals surface area contributed by atoms with Crippen molar-refractivity contribution in [2.24, 2.45) is 0 Å². The number of nitrogens with one attached hydrogen (secondary N) is 1. The van der Waals surface area contributed by atoms with Crippen LogP contribution in [0, 0.1) is 13.8 Å². The van der Waals surface area contributed by atoms with Gasteiger partial charge < -0.3 is 10.2 Å². The number of aromatic nitrogens is 1. The van der Waals surface area contributed by atoms with Gasteiger partial charge in [0, 0.05) is 25.9 Å². The number of pyridine rings is 1. The van der Waals surface area contributed by atoms with E-state index < -0.39 is 0 Å². The number of benzene rings is 1. The highest BCUT2D eigenvalue weighted by molar-refractivity contribution is 6.34. The lowest BCUT2D eigenvalue weighted by Gasteiger charge is -2.24. The zero-order chi connectivity index (χ0) is 17.7. The number of anilines is 1. The number of rotatable bonds is 5. The molecule has 0 saturated heterocycles. The number of halogens is 1. The highest BCUT2D eigenvalue weighted by Crippen LogP contribution is 2.31. The summed E-state index contributed by atoms with van der Waals surface area (Å²) in [6, 6.07) is 7.37. The molecule has 0 bridgehead atoms. The van der Waals surface area contributed by atoms with Gasteiger partial charge in [0.05, 0.1) is 10.7 Å². The molecule has 126 valence electrons. The van der Waals surface area contributed by atoms with Gasteiger partial charge in [0.1, 0.15) is 6.54 Å². The zero-order valence-electron chi connectivity index (χ0n) is 14.0. The van der Waals surface area contributed by atoms with Crippen LogP contribution >= 0.6 is 11.6 Å². The monoisotopic (exact) mass is 345 g/mol. The summed E-state index contributed by atoms with van der Waals surface area (Å²) >= 11 is 6.30. The van der Waals surface area contributed by atoms with Gasteiger partial charge >= 0.3 is 0 Å². The molecule has 2 rings (SSSR count). The first-order chi connectivity index (χ1) is 11.4. The van der Waals surface area contributed by atoms with Gasteiger partial charge in [-0.2, -0.15) is 0 Å². The Morgan fingerprint density at radius 3 is 2.46 bits per heavy atom. The van der Waals surface area contributed by atoms with Crippen LogP contribution in [0.2, 0.25) is 5.02 Å². The van der Waals surface area contributed by atoms with Crippen LogP contribution in [0.3, 0.4) is 0 Å². The summed E-state index contributed by atoms with van der Waals surface area (Å²) in [4.78, 5) is 29.6. The van der Waals surface area contributed by atoms with Gasteiger partial charge in [-0.25, -0.2) is 0 Å². The Bertz CT molecular complexity index is 724. The Balaban J connectivity index is 2.12. The van der Waals surface area contributed by atoms with E-state index in [1.54, 1.807) is 18.5 Å². The Labute approximate surface area is 146 Å². The third-order valence-electron chi connectivity index (χ3n) is 3.59. The molecule has 2 amide bonds. The van der Waals surface area contributed by atoms with E-state index in [-0.39, 0.29) is 18.4 Å². The van der Waals surface area contributed by atoms with Crippen molar-refractivity contribution in [2.45, 2.75) is 27.3 Å². The fraction of sp³-hybridized carbons (Fsp3) is 0.278. The molecule has 1 N–H and O–H groups in total. The molecule has 1 aromatic carbocycles. The minimum Gasteiger partial charge on any atom is -0.350 e. The standard InChI is InChI=1S/C18H20ClN3O2/c1-12-8-13(2)18(16(19)9-12)22(14(3)23)11-17(24)21-10-15-4-6-20-7-5-15/h4-9H,10-11H2,1-3H3,(H,21,24). The maximum Gasteiger partial charge on any atom is 0.240 e. The van der Waals surface area contributed by atoms with Gasteiger partial charge in [-0.15, -0.1) is 0 Å². The van der Waals surface area contributed by atoms with Crippen LogP contribution in [0.4, 0.5) is 5.69 Å². The second kappa shape index (κ2) is 7.93. The van der Waals surface area contributed by atoms with Crippen molar-refractivity contribution >= 4 is 29.1 Å². The highest BCUT2D eigenvalue weighted by atomic mass is 35.5. The molecule has 0 fully saturated rings. The summed E-state index contributed by atoms with van der Waals surface area (Å²) in [6.07, 6.45) is 3.33. The number of nitrogens with zero attached hydrogens (tertiary/aromatic N) is 2. The minimum absolute atomic E-state index is 0.0793. The van der Waals surface area contributed by atoms with Gasteiger partial charge in [-0.3, -0.25) is 14.6 Å². The van der Waals surface area contributed by atoms with Crippen molar-refractivity contribution in [3.8, 4) is 0 Å². The molecule has 0 aliphatic heterocycles. The van der Waals surface area contributed by atoms with Crippen molar-refractivity contribution in [3.05, 3.63) is 58.4 Å². The quantitative estimate of drug-likeness (QED) is 0.906. The van der Waals surface area contributed by atoms with E-state index in [4.69, 9.17) is 11.6 Å². The van der Waals surface area contributed by atoms with Crippen molar-refractivity contribution in [1.29, 1.82) is 0 Å². The van der Waals surface area contributed by atoms with E-state index >= 15 is 0 Å². The number of hydrogen-bond acceptors (Lipinski definition) is 3. The van der Waals surface area contributed by atoms with Gasteiger partial charge in [0.2, 0.25) is 11.8 Å². The van der Waals surface area contributed by atoms with E-state index in [1.807, 2.05) is 32.0 Å². The van der Waals surface area contributed by atoms with Crippen molar-refractivity contribution in [1.82, 2.24) is 10.3 Å². The first kappa shape index (κ1) is 17.9. The van der Waals surface area contributed by atoms with Crippen LogP contribution in [0.5, 0.6) is 0 Å². The van der Waals surface area contributed by atoms with Crippen LogP contribution in [0.1, 0.15) is 23.6 Å². The lowest BCUT2D eigenvalue weighted by atomic mass is 10.1. The van der Waals surface area contributed by atoms with E-state index in [0.29, 0.717) is 17.3 Å².